The van der Waals surface area contributed by atoms with E-state index in [0.717, 1.165) is 14.1 Å². The minimum Gasteiger partial charge on any atom is -0.495 e. The van der Waals surface area contributed by atoms with Gasteiger partial charge in [0.25, 0.3) is 10.0 Å². The number of sulfonamides is 1. The van der Waals surface area contributed by atoms with Gasteiger partial charge in [0, 0.05) is 19.8 Å². The average molecular weight is 588 g/mol. The number of hydrogen-bond acceptors (Lipinski definition) is 5. The number of methoxy groups -OCH3 is 1. The Bertz CT molecular complexity index is 1540. The van der Waals surface area contributed by atoms with Gasteiger partial charge in [0.2, 0.25) is 5.91 Å². The standard InChI is InChI=1S/C28H24Cl2N2O4S2/c1-19-12-13-25(36-2)27(14-19)38(34,35)32(22-16-20(29)15-21(30)17-22)18-28(33)31-24-10-6-7-11-26(24)37-23-8-4-3-5-9-23/h3-17H,18H2,1-2H3,(H,31,33). The summed E-state index contributed by atoms with van der Waals surface area (Å²) in [5, 5.41) is 3.32. The van der Waals surface area contributed by atoms with E-state index in [-0.39, 0.29) is 26.4 Å². The Labute approximate surface area is 236 Å². The first-order valence-corrected chi connectivity index (χ1v) is 14.4. The molecule has 4 aromatic rings. The lowest BCUT2D eigenvalue weighted by atomic mass is 10.2. The number of anilines is 2. The van der Waals surface area contributed by atoms with Crippen molar-refractivity contribution in [2.45, 2.75) is 21.6 Å². The largest absolute Gasteiger partial charge is 0.495 e. The summed E-state index contributed by atoms with van der Waals surface area (Å²) in [5.74, 6) is -0.392. The molecule has 6 nitrogen and oxygen atoms in total. The second-order valence-corrected chi connectivity index (χ2v) is 12.1. The molecule has 4 aromatic carbocycles. The number of rotatable bonds is 9. The summed E-state index contributed by atoms with van der Waals surface area (Å²) in [6, 6.07) is 26.2. The Balaban J connectivity index is 1.70. The number of halogens is 2. The minimum absolute atomic E-state index is 0.0797. The number of para-hydroxylation sites is 1. The highest BCUT2D eigenvalue weighted by Gasteiger charge is 2.31. The van der Waals surface area contributed by atoms with Crippen LogP contribution in [0.1, 0.15) is 5.56 Å². The number of carbonyl (C=O) groups is 1. The number of nitrogens with zero attached hydrogens (tertiary/aromatic N) is 1. The first kappa shape index (κ1) is 27.9. The van der Waals surface area contributed by atoms with Crippen molar-refractivity contribution >= 4 is 62.3 Å². The number of amides is 1. The van der Waals surface area contributed by atoms with Crippen LogP contribution in [0.5, 0.6) is 5.75 Å². The normalized spacial score (nSPS) is 11.2. The van der Waals surface area contributed by atoms with Gasteiger partial charge >= 0.3 is 0 Å². The van der Waals surface area contributed by atoms with Crippen molar-refractivity contribution in [2.24, 2.45) is 0 Å². The Hall–Kier alpha value is -3.17. The van der Waals surface area contributed by atoms with Crippen LogP contribution in [0.15, 0.2) is 106 Å². The van der Waals surface area contributed by atoms with Crippen LogP contribution in [0.3, 0.4) is 0 Å². The highest BCUT2D eigenvalue weighted by molar-refractivity contribution is 7.99. The van der Waals surface area contributed by atoms with Crippen LogP contribution in [0.2, 0.25) is 10.0 Å². The fraction of sp³-hybridized carbons (Fsp3) is 0.107. The highest BCUT2D eigenvalue weighted by atomic mass is 35.5. The number of hydrogen-bond donors (Lipinski definition) is 1. The molecule has 0 saturated heterocycles. The van der Waals surface area contributed by atoms with E-state index in [2.05, 4.69) is 5.32 Å². The van der Waals surface area contributed by atoms with Crippen molar-refractivity contribution in [3.05, 3.63) is 107 Å². The maximum Gasteiger partial charge on any atom is 0.268 e. The van der Waals surface area contributed by atoms with Crippen molar-refractivity contribution < 1.29 is 17.9 Å². The van der Waals surface area contributed by atoms with Gasteiger partial charge in [-0.25, -0.2) is 8.42 Å². The molecule has 0 aromatic heterocycles. The summed E-state index contributed by atoms with van der Waals surface area (Å²) in [6.07, 6.45) is 0. The van der Waals surface area contributed by atoms with Gasteiger partial charge in [-0.15, -0.1) is 0 Å². The van der Waals surface area contributed by atoms with Crippen LogP contribution in [-0.2, 0) is 14.8 Å². The molecule has 196 valence electrons. The zero-order valence-corrected chi connectivity index (χ0v) is 23.7. The Kier molecular flexibility index (Phi) is 8.89. The molecule has 4 rings (SSSR count). The summed E-state index contributed by atoms with van der Waals surface area (Å²) >= 11 is 13.9. The van der Waals surface area contributed by atoms with Crippen LogP contribution in [0, 0.1) is 6.92 Å². The van der Waals surface area contributed by atoms with Gasteiger partial charge in [-0.2, -0.15) is 0 Å². The summed E-state index contributed by atoms with van der Waals surface area (Å²) in [5.41, 5.74) is 1.42. The molecule has 1 N–H and O–H groups in total. The van der Waals surface area contributed by atoms with E-state index < -0.39 is 22.5 Å². The number of benzene rings is 4. The van der Waals surface area contributed by atoms with Gasteiger partial charge in [0.1, 0.15) is 17.2 Å². The molecule has 38 heavy (non-hydrogen) atoms. The first-order valence-electron chi connectivity index (χ1n) is 11.4. The van der Waals surface area contributed by atoms with Crippen molar-refractivity contribution in [3.8, 4) is 5.75 Å². The predicted molar refractivity (Wildman–Crippen MR) is 154 cm³/mol. The number of aryl methyl sites for hydroxylation is 1. The third-order valence-electron chi connectivity index (χ3n) is 5.44. The topological polar surface area (TPSA) is 75.7 Å². The van der Waals surface area contributed by atoms with Gasteiger partial charge < -0.3 is 10.1 Å². The zero-order chi connectivity index (χ0) is 27.3. The van der Waals surface area contributed by atoms with E-state index in [9.17, 15) is 13.2 Å². The fourth-order valence-electron chi connectivity index (χ4n) is 3.70. The second-order valence-electron chi connectivity index (χ2n) is 8.25. The van der Waals surface area contributed by atoms with E-state index in [1.165, 1.54) is 43.1 Å². The minimum atomic E-state index is -4.27. The molecular formula is C28H24Cl2N2O4S2. The lowest BCUT2D eigenvalue weighted by molar-refractivity contribution is -0.114. The Morgan fingerprint density at radius 1 is 0.921 bits per heavy atom. The van der Waals surface area contributed by atoms with Crippen LogP contribution >= 0.6 is 35.0 Å². The molecule has 0 saturated carbocycles. The van der Waals surface area contributed by atoms with E-state index >= 15 is 0 Å². The summed E-state index contributed by atoms with van der Waals surface area (Å²) in [6.45, 7) is 1.24. The van der Waals surface area contributed by atoms with Gasteiger partial charge in [-0.1, -0.05) is 71.4 Å². The highest BCUT2D eigenvalue weighted by Crippen LogP contribution is 2.35. The molecule has 0 aliphatic heterocycles. The maximum atomic E-state index is 14.0. The van der Waals surface area contributed by atoms with Crippen molar-refractivity contribution in [1.82, 2.24) is 0 Å². The predicted octanol–water partition coefficient (Wildman–Crippen LogP) is 7.30. The molecule has 0 aliphatic carbocycles. The van der Waals surface area contributed by atoms with E-state index in [1.54, 1.807) is 31.2 Å². The van der Waals surface area contributed by atoms with E-state index in [4.69, 9.17) is 27.9 Å². The molecule has 0 unspecified atom stereocenters. The molecule has 0 atom stereocenters. The lowest BCUT2D eigenvalue weighted by Gasteiger charge is -2.25. The second kappa shape index (κ2) is 12.1. The van der Waals surface area contributed by atoms with Crippen LogP contribution < -0.4 is 14.4 Å². The summed E-state index contributed by atoms with van der Waals surface area (Å²) in [7, 11) is -2.89. The molecule has 0 spiro atoms. The van der Waals surface area contributed by atoms with Gasteiger partial charge in [0.05, 0.1) is 18.5 Å². The third-order valence-corrected chi connectivity index (χ3v) is 8.76. The Morgan fingerprint density at radius 3 is 2.26 bits per heavy atom. The maximum absolute atomic E-state index is 14.0. The number of nitrogens with one attached hydrogen (secondary N) is 1. The van der Waals surface area contributed by atoms with Crippen LogP contribution in [0.25, 0.3) is 0 Å². The Morgan fingerprint density at radius 2 is 1.58 bits per heavy atom. The molecule has 1 amide bonds. The van der Waals surface area contributed by atoms with Gasteiger partial charge in [-0.05, 0) is 67.1 Å². The SMILES string of the molecule is COc1ccc(C)cc1S(=O)(=O)N(CC(=O)Nc1ccccc1Sc1ccccc1)c1cc(Cl)cc(Cl)c1. The van der Waals surface area contributed by atoms with Gasteiger partial charge in [-0.3, -0.25) is 9.10 Å². The molecule has 10 heteroatoms. The van der Waals surface area contributed by atoms with Gasteiger partial charge in [0.15, 0.2) is 0 Å². The molecule has 0 bridgehead atoms. The number of ether oxygens (including phenoxy) is 1. The van der Waals surface area contributed by atoms with Crippen molar-refractivity contribution in [2.75, 3.05) is 23.3 Å². The molecule has 0 heterocycles. The van der Waals surface area contributed by atoms with Crippen LogP contribution in [-0.4, -0.2) is 28.0 Å². The van der Waals surface area contributed by atoms with Crippen LogP contribution in [0.4, 0.5) is 11.4 Å². The smallest absolute Gasteiger partial charge is 0.268 e. The van der Waals surface area contributed by atoms with Crippen molar-refractivity contribution in [3.63, 3.8) is 0 Å². The lowest BCUT2D eigenvalue weighted by Crippen LogP contribution is -2.38. The van der Waals surface area contributed by atoms with E-state index in [1.807, 2.05) is 42.5 Å². The fourth-order valence-corrected chi connectivity index (χ4v) is 6.78. The molecule has 0 aliphatic rings. The first-order chi connectivity index (χ1) is 18.2. The molecule has 0 fully saturated rings. The summed E-state index contributed by atoms with van der Waals surface area (Å²) in [4.78, 5) is 15.1. The summed E-state index contributed by atoms with van der Waals surface area (Å²) < 4.78 is 34.2. The third kappa shape index (κ3) is 6.63. The quantitative estimate of drug-likeness (QED) is 0.223. The van der Waals surface area contributed by atoms with Crippen molar-refractivity contribution in [1.29, 1.82) is 0 Å². The van der Waals surface area contributed by atoms with E-state index in [0.29, 0.717) is 11.3 Å². The molecule has 0 radical (unpaired) electrons. The monoisotopic (exact) mass is 586 g/mol. The zero-order valence-electron chi connectivity index (χ0n) is 20.5. The molecular weight excluding hydrogens is 563 g/mol. The average Bonchev–Trinajstić information content (AvgIpc) is 2.88. The number of carbonyl (C=O) groups excluding carboxylic acids is 1.